The average Bonchev–Trinajstić information content (AvgIpc) is 2.64. The van der Waals surface area contributed by atoms with Crippen molar-refractivity contribution >= 4 is 5.69 Å². The third-order valence-electron chi connectivity index (χ3n) is 4.34. The van der Waals surface area contributed by atoms with Gasteiger partial charge >= 0.3 is 0 Å². The molecule has 0 spiro atoms. The van der Waals surface area contributed by atoms with Gasteiger partial charge in [0.2, 0.25) is 0 Å². The van der Waals surface area contributed by atoms with Crippen molar-refractivity contribution in [1.29, 1.82) is 0 Å². The molecule has 20 heavy (non-hydrogen) atoms. The van der Waals surface area contributed by atoms with Gasteiger partial charge in [0.05, 0.1) is 0 Å². The quantitative estimate of drug-likeness (QED) is 0.876. The Balaban J connectivity index is 2.27. The van der Waals surface area contributed by atoms with Crippen LogP contribution >= 0.6 is 0 Å². The number of rotatable bonds is 2. The fourth-order valence-corrected chi connectivity index (χ4v) is 2.99. The van der Waals surface area contributed by atoms with Gasteiger partial charge in [-0.2, -0.15) is 0 Å². The monoisotopic (exact) mass is 274 g/mol. The summed E-state index contributed by atoms with van der Waals surface area (Å²) in [5.41, 5.74) is 3.21. The van der Waals surface area contributed by atoms with E-state index in [1.807, 2.05) is 0 Å². The van der Waals surface area contributed by atoms with Crippen LogP contribution in [0, 0.1) is 5.41 Å². The van der Waals surface area contributed by atoms with Gasteiger partial charge in [-0.25, -0.2) is 0 Å². The molecule has 2 rings (SSSR count). The highest BCUT2D eigenvalue weighted by atomic mass is 15.2. The Kier molecular flexibility index (Phi) is 4.74. The van der Waals surface area contributed by atoms with Crippen LogP contribution in [0.1, 0.15) is 52.5 Å². The molecule has 1 aromatic rings. The van der Waals surface area contributed by atoms with Crippen molar-refractivity contribution in [1.82, 2.24) is 5.32 Å². The lowest BCUT2D eigenvalue weighted by Crippen LogP contribution is -2.46. The van der Waals surface area contributed by atoms with E-state index in [0.29, 0.717) is 17.4 Å². The second kappa shape index (κ2) is 6.17. The molecule has 1 aliphatic heterocycles. The zero-order chi connectivity index (χ0) is 14.8. The summed E-state index contributed by atoms with van der Waals surface area (Å²) in [7, 11) is 0. The zero-order valence-electron chi connectivity index (χ0n) is 13.7. The number of anilines is 1. The van der Waals surface area contributed by atoms with E-state index in [9.17, 15) is 0 Å². The predicted octanol–water partition coefficient (Wildman–Crippen LogP) is 4.02. The standard InChI is InChI=1S/C18H30N2/c1-14(2)15-9-6-7-10-16(15)20-12-8-11-19-17(13-20)18(3,4)5/h6-7,9-10,14,17,19H,8,11-13H2,1-5H3. The van der Waals surface area contributed by atoms with Gasteiger partial charge in [-0.1, -0.05) is 52.8 Å². The first-order valence-corrected chi connectivity index (χ1v) is 7.97. The Bertz CT molecular complexity index is 431. The third kappa shape index (κ3) is 3.54. The van der Waals surface area contributed by atoms with Crippen molar-refractivity contribution in [3.63, 3.8) is 0 Å². The molecule has 0 aliphatic carbocycles. The van der Waals surface area contributed by atoms with E-state index in [0.717, 1.165) is 19.6 Å². The van der Waals surface area contributed by atoms with Crippen molar-refractivity contribution in [3.05, 3.63) is 29.8 Å². The molecule has 0 aromatic heterocycles. The first-order chi connectivity index (χ1) is 9.39. The highest BCUT2D eigenvalue weighted by molar-refractivity contribution is 5.55. The average molecular weight is 274 g/mol. The summed E-state index contributed by atoms with van der Waals surface area (Å²) in [4.78, 5) is 2.59. The van der Waals surface area contributed by atoms with Gasteiger partial charge < -0.3 is 10.2 Å². The summed E-state index contributed by atoms with van der Waals surface area (Å²) in [5, 5.41) is 3.73. The van der Waals surface area contributed by atoms with Gasteiger partial charge in [0.25, 0.3) is 0 Å². The number of hydrogen-bond donors (Lipinski definition) is 1. The predicted molar refractivity (Wildman–Crippen MR) is 88.6 cm³/mol. The van der Waals surface area contributed by atoms with Crippen LogP contribution in [0.4, 0.5) is 5.69 Å². The van der Waals surface area contributed by atoms with Crippen LogP contribution in [0.2, 0.25) is 0 Å². The third-order valence-corrected chi connectivity index (χ3v) is 4.34. The summed E-state index contributed by atoms with van der Waals surface area (Å²) in [6, 6.07) is 9.46. The van der Waals surface area contributed by atoms with Crippen LogP contribution in [0.5, 0.6) is 0 Å². The normalized spacial score (nSPS) is 21.1. The molecular weight excluding hydrogens is 244 g/mol. The van der Waals surface area contributed by atoms with Crippen LogP contribution in [0.15, 0.2) is 24.3 Å². The number of para-hydroxylation sites is 1. The largest absolute Gasteiger partial charge is 0.370 e. The van der Waals surface area contributed by atoms with Gasteiger partial charge in [0.1, 0.15) is 0 Å². The maximum Gasteiger partial charge on any atom is 0.0401 e. The van der Waals surface area contributed by atoms with Crippen molar-refractivity contribution in [2.75, 3.05) is 24.5 Å². The molecule has 1 fully saturated rings. The minimum absolute atomic E-state index is 0.301. The van der Waals surface area contributed by atoms with Gasteiger partial charge in [0, 0.05) is 24.8 Å². The summed E-state index contributed by atoms with van der Waals surface area (Å²) in [6.45, 7) is 15.0. The fraction of sp³-hybridized carbons (Fsp3) is 0.667. The van der Waals surface area contributed by atoms with Gasteiger partial charge in [-0.3, -0.25) is 0 Å². The Morgan fingerprint density at radius 2 is 1.90 bits per heavy atom. The Labute approximate surface area is 124 Å². The lowest BCUT2D eigenvalue weighted by Gasteiger charge is -2.35. The van der Waals surface area contributed by atoms with Crippen LogP contribution < -0.4 is 10.2 Å². The lowest BCUT2D eigenvalue weighted by atomic mass is 9.86. The van der Waals surface area contributed by atoms with E-state index in [1.54, 1.807) is 0 Å². The molecule has 1 atom stereocenters. The summed E-state index contributed by atoms with van der Waals surface area (Å²) in [5.74, 6) is 0.579. The molecule has 112 valence electrons. The topological polar surface area (TPSA) is 15.3 Å². The molecule has 1 unspecified atom stereocenters. The first-order valence-electron chi connectivity index (χ1n) is 7.97. The molecule has 2 nitrogen and oxygen atoms in total. The summed E-state index contributed by atoms with van der Waals surface area (Å²) in [6.07, 6.45) is 1.22. The molecule has 1 aliphatic rings. The van der Waals surface area contributed by atoms with E-state index >= 15 is 0 Å². The number of hydrogen-bond acceptors (Lipinski definition) is 2. The van der Waals surface area contributed by atoms with Crippen molar-refractivity contribution in [2.24, 2.45) is 5.41 Å². The molecule has 0 saturated carbocycles. The molecule has 0 amide bonds. The minimum atomic E-state index is 0.301. The van der Waals surface area contributed by atoms with E-state index < -0.39 is 0 Å². The van der Waals surface area contributed by atoms with Gasteiger partial charge in [-0.15, -0.1) is 0 Å². The molecular formula is C18H30N2. The number of nitrogens with zero attached hydrogens (tertiary/aromatic N) is 1. The molecule has 2 heteroatoms. The van der Waals surface area contributed by atoms with Crippen LogP contribution in [0.3, 0.4) is 0 Å². The minimum Gasteiger partial charge on any atom is -0.370 e. The maximum atomic E-state index is 3.73. The van der Waals surface area contributed by atoms with Crippen molar-refractivity contribution < 1.29 is 0 Å². The smallest absolute Gasteiger partial charge is 0.0401 e. The Morgan fingerprint density at radius 3 is 2.55 bits per heavy atom. The molecule has 0 bridgehead atoms. The molecule has 0 radical (unpaired) electrons. The van der Waals surface area contributed by atoms with E-state index in [4.69, 9.17) is 0 Å². The van der Waals surface area contributed by atoms with E-state index in [1.165, 1.54) is 17.7 Å². The number of benzene rings is 1. The fourth-order valence-electron chi connectivity index (χ4n) is 2.99. The highest BCUT2D eigenvalue weighted by Crippen LogP contribution is 2.30. The lowest BCUT2D eigenvalue weighted by molar-refractivity contribution is 0.280. The molecule has 1 heterocycles. The van der Waals surface area contributed by atoms with Gasteiger partial charge in [-0.05, 0) is 35.9 Å². The zero-order valence-corrected chi connectivity index (χ0v) is 13.7. The highest BCUT2D eigenvalue weighted by Gasteiger charge is 2.28. The first kappa shape index (κ1) is 15.4. The van der Waals surface area contributed by atoms with Crippen molar-refractivity contribution in [2.45, 2.75) is 53.0 Å². The van der Waals surface area contributed by atoms with Crippen LogP contribution in [-0.4, -0.2) is 25.7 Å². The Hall–Kier alpha value is -1.02. The second-order valence-electron chi connectivity index (χ2n) is 7.39. The maximum absolute atomic E-state index is 3.73. The molecule has 1 N–H and O–H groups in total. The molecule has 1 aromatic carbocycles. The summed E-state index contributed by atoms with van der Waals surface area (Å²) >= 11 is 0. The number of nitrogens with one attached hydrogen (secondary N) is 1. The van der Waals surface area contributed by atoms with Crippen LogP contribution in [-0.2, 0) is 0 Å². The van der Waals surface area contributed by atoms with E-state index in [2.05, 4.69) is 69.1 Å². The Morgan fingerprint density at radius 1 is 1.20 bits per heavy atom. The summed E-state index contributed by atoms with van der Waals surface area (Å²) < 4.78 is 0. The van der Waals surface area contributed by atoms with Crippen molar-refractivity contribution in [3.8, 4) is 0 Å². The SMILES string of the molecule is CC(C)c1ccccc1N1CCCNC(C(C)(C)C)C1. The molecule has 1 saturated heterocycles. The van der Waals surface area contributed by atoms with Gasteiger partial charge in [0.15, 0.2) is 0 Å². The van der Waals surface area contributed by atoms with E-state index in [-0.39, 0.29) is 0 Å². The second-order valence-corrected chi connectivity index (χ2v) is 7.39. The van der Waals surface area contributed by atoms with Crippen LogP contribution in [0.25, 0.3) is 0 Å².